The first-order chi connectivity index (χ1) is 11.7. The molecule has 10 heteroatoms. The Morgan fingerprint density at radius 3 is 2.52 bits per heavy atom. The Morgan fingerprint density at radius 2 is 1.88 bits per heavy atom. The molecule has 0 aliphatic heterocycles. The quantitative estimate of drug-likeness (QED) is 0.544. The number of nitrogens with zero attached hydrogens (tertiary/aromatic N) is 2. The Labute approximate surface area is 148 Å². The average molecular weight is 388 g/mol. The molecular weight excluding hydrogens is 379 g/mol. The fraction of sp³-hybridized carbons (Fsp3) is 0.133. The van der Waals surface area contributed by atoms with Gasteiger partial charge in [-0.15, -0.1) is 0 Å². The number of ether oxygens (including phenoxy) is 1. The summed E-state index contributed by atoms with van der Waals surface area (Å²) in [5.74, 6) is 0.0262. The van der Waals surface area contributed by atoms with Crippen molar-refractivity contribution in [2.24, 2.45) is 0 Å². The highest BCUT2D eigenvalue weighted by atomic mass is 35.5. The number of hydrogen-bond donors (Lipinski definition) is 1. The summed E-state index contributed by atoms with van der Waals surface area (Å²) in [7, 11) is 0. The Balaban J connectivity index is 2.01. The van der Waals surface area contributed by atoms with E-state index in [1.165, 1.54) is 41.0 Å². The molecule has 0 radical (unpaired) electrons. The molecule has 25 heavy (non-hydrogen) atoms. The van der Waals surface area contributed by atoms with Gasteiger partial charge in [-0.05, 0) is 48.6 Å². The molecule has 0 bridgehead atoms. The van der Waals surface area contributed by atoms with Crippen LogP contribution in [0.3, 0.4) is 0 Å². The zero-order valence-corrected chi connectivity index (χ0v) is 13.9. The van der Waals surface area contributed by atoms with E-state index in [0.717, 1.165) is 0 Å². The minimum atomic E-state index is -4.43. The van der Waals surface area contributed by atoms with Gasteiger partial charge in [0.25, 0.3) is 5.56 Å². The number of halogens is 4. The molecule has 2 aromatic heterocycles. The van der Waals surface area contributed by atoms with Crippen molar-refractivity contribution in [2.75, 3.05) is 6.61 Å². The van der Waals surface area contributed by atoms with Crippen molar-refractivity contribution in [3.8, 4) is 11.4 Å². The summed E-state index contributed by atoms with van der Waals surface area (Å²) >= 11 is 11.0. The van der Waals surface area contributed by atoms with Crippen molar-refractivity contribution in [3.63, 3.8) is 0 Å². The molecule has 0 aliphatic rings. The molecule has 1 aromatic carbocycles. The van der Waals surface area contributed by atoms with Crippen LogP contribution in [-0.4, -0.2) is 27.3 Å². The van der Waals surface area contributed by atoms with E-state index < -0.39 is 18.3 Å². The van der Waals surface area contributed by atoms with Gasteiger partial charge in [-0.2, -0.15) is 13.2 Å². The lowest BCUT2D eigenvalue weighted by molar-refractivity contribution is -0.153. The third-order valence-electron chi connectivity index (χ3n) is 3.22. The Morgan fingerprint density at radius 1 is 1.20 bits per heavy atom. The van der Waals surface area contributed by atoms with E-state index in [2.05, 4.69) is 14.7 Å². The van der Waals surface area contributed by atoms with E-state index in [9.17, 15) is 18.0 Å². The van der Waals surface area contributed by atoms with Gasteiger partial charge < -0.3 is 9.72 Å². The van der Waals surface area contributed by atoms with Crippen molar-refractivity contribution in [1.82, 2.24) is 14.5 Å². The number of aromatic nitrogens is 3. The normalized spacial score (nSPS) is 11.7. The van der Waals surface area contributed by atoms with E-state index >= 15 is 0 Å². The molecular formula is C15H9ClF3N3O2S. The summed E-state index contributed by atoms with van der Waals surface area (Å²) in [6.07, 6.45) is -4.43. The standard InChI is InChI=1S/C15H9ClF3N3O2S/c16-11-6-5-10-12(20-11)21-14(25)22(13(10)23)8-1-3-9(4-2-8)24-7-15(17,18)19/h1-6H,7H2,(H,20,21,25). The van der Waals surface area contributed by atoms with Crippen LogP contribution in [0.2, 0.25) is 5.15 Å². The van der Waals surface area contributed by atoms with Crippen LogP contribution in [0, 0.1) is 4.77 Å². The molecule has 0 amide bonds. The number of benzene rings is 1. The Kier molecular flexibility index (Phi) is 4.53. The molecule has 1 N–H and O–H groups in total. The highest BCUT2D eigenvalue weighted by Crippen LogP contribution is 2.20. The lowest BCUT2D eigenvalue weighted by Gasteiger charge is -2.11. The summed E-state index contributed by atoms with van der Waals surface area (Å²) in [5, 5.41) is 0.483. The number of rotatable bonds is 3. The largest absolute Gasteiger partial charge is 0.484 e. The molecule has 0 fully saturated rings. The number of alkyl halides is 3. The van der Waals surface area contributed by atoms with Crippen LogP contribution in [0.5, 0.6) is 5.75 Å². The van der Waals surface area contributed by atoms with Gasteiger partial charge in [-0.3, -0.25) is 9.36 Å². The third kappa shape index (κ3) is 3.83. The lowest BCUT2D eigenvalue weighted by Crippen LogP contribution is -2.21. The summed E-state index contributed by atoms with van der Waals surface area (Å²) in [6, 6.07) is 8.51. The summed E-state index contributed by atoms with van der Waals surface area (Å²) in [5.41, 5.74) is 0.207. The van der Waals surface area contributed by atoms with E-state index in [-0.39, 0.29) is 26.7 Å². The fourth-order valence-electron chi connectivity index (χ4n) is 2.16. The fourth-order valence-corrected chi connectivity index (χ4v) is 2.60. The minimum Gasteiger partial charge on any atom is -0.484 e. The zero-order valence-electron chi connectivity index (χ0n) is 12.3. The van der Waals surface area contributed by atoms with Crippen molar-refractivity contribution >= 4 is 34.9 Å². The second kappa shape index (κ2) is 6.49. The van der Waals surface area contributed by atoms with Gasteiger partial charge in [0.2, 0.25) is 0 Å². The first-order valence-electron chi connectivity index (χ1n) is 6.86. The van der Waals surface area contributed by atoms with Gasteiger partial charge in [-0.25, -0.2) is 4.98 Å². The number of nitrogens with one attached hydrogen (secondary N) is 1. The first-order valence-corrected chi connectivity index (χ1v) is 7.65. The van der Waals surface area contributed by atoms with Crippen LogP contribution in [0.4, 0.5) is 13.2 Å². The van der Waals surface area contributed by atoms with Crippen LogP contribution in [0.15, 0.2) is 41.2 Å². The lowest BCUT2D eigenvalue weighted by atomic mass is 10.3. The third-order valence-corrected chi connectivity index (χ3v) is 3.72. The predicted molar refractivity (Wildman–Crippen MR) is 89.1 cm³/mol. The van der Waals surface area contributed by atoms with E-state index in [4.69, 9.17) is 23.8 Å². The second-order valence-electron chi connectivity index (χ2n) is 5.00. The van der Waals surface area contributed by atoms with Crippen LogP contribution in [-0.2, 0) is 0 Å². The molecule has 0 atom stereocenters. The zero-order chi connectivity index (χ0) is 18.2. The smallest absolute Gasteiger partial charge is 0.422 e. The van der Waals surface area contributed by atoms with Gasteiger partial charge in [0.15, 0.2) is 11.4 Å². The van der Waals surface area contributed by atoms with Crippen LogP contribution in [0.1, 0.15) is 0 Å². The number of H-pyrrole nitrogens is 1. The van der Waals surface area contributed by atoms with Crippen molar-refractivity contribution in [1.29, 1.82) is 0 Å². The molecule has 5 nitrogen and oxygen atoms in total. The van der Waals surface area contributed by atoms with Gasteiger partial charge in [-0.1, -0.05) is 11.6 Å². The van der Waals surface area contributed by atoms with Gasteiger partial charge in [0.1, 0.15) is 16.5 Å². The Hall–Kier alpha value is -2.39. The van der Waals surface area contributed by atoms with Gasteiger partial charge in [0.05, 0.1) is 11.1 Å². The first kappa shape index (κ1) is 17.4. The van der Waals surface area contributed by atoms with Crippen LogP contribution in [0.25, 0.3) is 16.7 Å². The van der Waals surface area contributed by atoms with E-state index in [0.29, 0.717) is 5.69 Å². The summed E-state index contributed by atoms with van der Waals surface area (Å²) < 4.78 is 42.4. The van der Waals surface area contributed by atoms with Gasteiger partial charge >= 0.3 is 6.18 Å². The molecule has 130 valence electrons. The maximum absolute atomic E-state index is 12.6. The molecule has 2 heterocycles. The van der Waals surface area contributed by atoms with Crippen molar-refractivity contribution in [3.05, 3.63) is 56.7 Å². The topological polar surface area (TPSA) is 59.9 Å². The monoisotopic (exact) mass is 387 g/mol. The maximum Gasteiger partial charge on any atom is 0.422 e. The number of aromatic amines is 1. The molecule has 0 spiro atoms. The molecule has 0 saturated carbocycles. The van der Waals surface area contributed by atoms with Crippen LogP contribution >= 0.6 is 23.8 Å². The summed E-state index contributed by atoms with van der Waals surface area (Å²) in [4.78, 5) is 19.4. The van der Waals surface area contributed by atoms with E-state index in [1.807, 2.05) is 0 Å². The van der Waals surface area contributed by atoms with Gasteiger partial charge in [0, 0.05) is 0 Å². The molecule has 3 aromatic rings. The van der Waals surface area contributed by atoms with Crippen LogP contribution < -0.4 is 10.3 Å². The molecule has 0 unspecified atom stereocenters. The Bertz CT molecular complexity index is 1050. The number of hydrogen-bond acceptors (Lipinski definition) is 4. The summed E-state index contributed by atoms with van der Waals surface area (Å²) in [6.45, 7) is -1.39. The number of pyridine rings is 1. The minimum absolute atomic E-state index is 0.0262. The van der Waals surface area contributed by atoms with E-state index in [1.54, 1.807) is 0 Å². The molecule has 3 rings (SSSR count). The van der Waals surface area contributed by atoms with Crippen molar-refractivity contribution < 1.29 is 17.9 Å². The number of fused-ring (bicyclic) bond motifs is 1. The average Bonchev–Trinajstić information content (AvgIpc) is 2.53. The highest BCUT2D eigenvalue weighted by Gasteiger charge is 2.28. The SMILES string of the molecule is O=c1c2ccc(Cl)nc2[nH]c(=S)n1-c1ccc(OCC(F)(F)F)cc1. The second-order valence-corrected chi connectivity index (χ2v) is 5.77. The maximum atomic E-state index is 12.6. The predicted octanol–water partition coefficient (Wildman–Crippen LogP) is 4.04. The van der Waals surface area contributed by atoms with Crippen molar-refractivity contribution in [2.45, 2.75) is 6.18 Å². The molecule has 0 saturated heterocycles. The molecule has 0 aliphatic carbocycles. The highest BCUT2D eigenvalue weighted by molar-refractivity contribution is 7.71.